The van der Waals surface area contributed by atoms with Crippen LogP contribution < -0.4 is 9.64 Å². The van der Waals surface area contributed by atoms with Gasteiger partial charge in [-0.2, -0.15) is 0 Å². The quantitative estimate of drug-likeness (QED) is 0.852. The minimum Gasteiger partial charge on any atom is -0.460 e. The minimum absolute atomic E-state index is 0.182. The Morgan fingerprint density at radius 3 is 2.45 bits per heavy atom. The molecule has 20 heavy (non-hydrogen) atoms. The zero-order valence-electron chi connectivity index (χ0n) is 11.1. The van der Waals surface area contributed by atoms with Gasteiger partial charge in [-0.15, -0.1) is 0 Å². The van der Waals surface area contributed by atoms with E-state index in [9.17, 15) is 0 Å². The Morgan fingerprint density at radius 1 is 1.05 bits per heavy atom. The average Bonchev–Trinajstić information content (AvgIpc) is 3.06. The SMILES string of the molecule is c1cnc(OC2C[C@H]3CC[C@@H](C2)N3c2ncco2)nc1. The summed E-state index contributed by atoms with van der Waals surface area (Å²) in [6.45, 7) is 0. The van der Waals surface area contributed by atoms with Gasteiger partial charge in [-0.3, -0.25) is 0 Å². The monoisotopic (exact) mass is 272 g/mol. The van der Waals surface area contributed by atoms with E-state index in [1.165, 1.54) is 12.8 Å². The van der Waals surface area contributed by atoms with Crippen LogP contribution in [0.15, 0.2) is 35.3 Å². The van der Waals surface area contributed by atoms with Gasteiger partial charge in [-0.25, -0.2) is 15.0 Å². The van der Waals surface area contributed by atoms with Crippen LogP contribution in [0.2, 0.25) is 0 Å². The molecule has 1 unspecified atom stereocenters. The second kappa shape index (κ2) is 4.77. The van der Waals surface area contributed by atoms with Gasteiger partial charge >= 0.3 is 6.01 Å². The number of fused-ring (bicyclic) bond motifs is 2. The van der Waals surface area contributed by atoms with E-state index in [1.807, 2.05) is 0 Å². The molecular formula is C14H16N4O2. The van der Waals surface area contributed by atoms with Gasteiger partial charge in [0.1, 0.15) is 12.4 Å². The molecule has 6 heteroatoms. The van der Waals surface area contributed by atoms with E-state index in [2.05, 4.69) is 19.9 Å². The molecule has 0 amide bonds. The summed E-state index contributed by atoms with van der Waals surface area (Å²) in [5.41, 5.74) is 0. The predicted octanol–water partition coefficient (Wildman–Crippen LogP) is 2.04. The number of aromatic nitrogens is 3. The zero-order chi connectivity index (χ0) is 13.4. The summed E-state index contributed by atoms with van der Waals surface area (Å²) in [7, 11) is 0. The maximum Gasteiger partial charge on any atom is 0.316 e. The van der Waals surface area contributed by atoms with Crippen LogP contribution in [0.3, 0.4) is 0 Å². The van der Waals surface area contributed by atoms with Crippen molar-refractivity contribution in [2.24, 2.45) is 0 Å². The summed E-state index contributed by atoms with van der Waals surface area (Å²) in [4.78, 5) is 14.9. The van der Waals surface area contributed by atoms with Crippen LogP contribution >= 0.6 is 0 Å². The van der Waals surface area contributed by atoms with Crippen molar-refractivity contribution in [3.05, 3.63) is 30.9 Å². The van der Waals surface area contributed by atoms with Crippen LogP contribution in [0.4, 0.5) is 6.01 Å². The van der Waals surface area contributed by atoms with E-state index in [4.69, 9.17) is 9.15 Å². The number of hydrogen-bond donors (Lipinski definition) is 0. The van der Waals surface area contributed by atoms with E-state index in [0.29, 0.717) is 18.1 Å². The lowest BCUT2D eigenvalue weighted by Gasteiger charge is -2.37. The van der Waals surface area contributed by atoms with Gasteiger partial charge in [-0.05, 0) is 18.9 Å². The van der Waals surface area contributed by atoms with Crippen LogP contribution in [0, 0.1) is 0 Å². The van der Waals surface area contributed by atoms with Crippen LogP contribution in [0.5, 0.6) is 6.01 Å². The van der Waals surface area contributed by atoms with Crippen molar-refractivity contribution in [2.45, 2.75) is 43.9 Å². The number of oxazole rings is 1. The summed E-state index contributed by atoms with van der Waals surface area (Å²) >= 11 is 0. The van der Waals surface area contributed by atoms with Crippen LogP contribution in [0.25, 0.3) is 0 Å². The Balaban J connectivity index is 1.48. The van der Waals surface area contributed by atoms with Gasteiger partial charge in [0.05, 0.1) is 6.20 Å². The number of nitrogens with zero attached hydrogens (tertiary/aromatic N) is 4. The highest BCUT2D eigenvalue weighted by molar-refractivity contribution is 5.34. The molecule has 2 fully saturated rings. The highest BCUT2D eigenvalue weighted by Gasteiger charge is 2.43. The molecule has 3 atom stereocenters. The summed E-state index contributed by atoms with van der Waals surface area (Å²) in [6.07, 6.45) is 11.2. The average molecular weight is 272 g/mol. The molecule has 6 nitrogen and oxygen atoms in total. The zero-order valence-corrected chi connectivity index (χ0v) is 11.1. The van der Waals surface area contributed by atoms with Crippen molar-refractivity contribution in [3.63, 3.8) is 0 Å². The lowest BCUT2D eigenvalue weighted by molar-refractivity contribution is 0.135. The van der Waals surface area contributed by atoms with Crippen molar-refractivity contribution >= 4 is 6.01 Å². The number of rotatable bonds is 3. The molecule has 0 N–H and O–H groups in total. The molecule has 2 aliphatic heterocycles. The van der Waals surface area contributed by atoms with E-state index in [1.54, 1.807) is 30.9 Å². The normalized spacial score (nSPS) is 28.6. The maximum absolute atomic E-state index is 5.90. The van der Waals surface area contributed by atoms with Crippen molar-refractivity contribution in [1.82, 2.24) is 15.0 Å². The van der Waals surface area contributed by atoms with Gasteiger partial charge in [0.15, 0.2) is 0 Å². The fourth-order valence-electron chi connectivity index (χ4n) is 3.37. The van der Waals surface area contributed by atoms with Crippen molar-refractivity contribution in [2.75, 3.05) is 4.90 Å². The fraction of sp³-hybridized carbons (Fsp3) is 0.500. The first-order valence-corrected chi connectivity index (χ1v) is 7.01. The van der Waals surface area contributed by atoms with Gasteiger partial charge in [-0.1, -0.05) is 0 Å². The Labute approximate surface area is 116 Å². The smallest absolute Gasteiger partial charge is 0.316 e. The summed E-state index contributed by atoms with van der Waals surface area (Å²) in [5.74, 6) is 0. The first-order valence-electron chi connectivity index (χ1n) is 7.01. The first kappa shape index (κ1) is 11.7. The highest BCUT2D eigenvalue weighted by Crippen LogP contribution is 2.39. The van der Waals surface area contributed by atoms with Crippen LogP contribution in [-0.2, 0) is 0 Å². The third kappa shape index (κ3) is 2.01. The fourth-order valence-corrected chi connectivity index (χ4v) is 3.37. The number of piperidine rings is 1. The van der Waals surface area contributed by atoms with Crippen LogP contribution in [-0.4, -0.2) is 33.1 Å². The van der Waals surface area contributed by atoms with Gasteiger partial charge < -0.3 is 14.1 Å². The van der Waals surface area contributed by atoms with Crippen molar-refractivity contribution < 1.29 is 9.15 Å². The molecule has 0 aliphatic carbocycles. The summed E-state index contributed by atoms with van der Waals surface area (Å²) in [6, 6.07) is 3.90. The highest BCUT2D eigenvalue weighted by atomic mass is 16.5. The number of ether oxygens (including phenoxy) is 1. The molecule has 0 aromatic carbocycles. The van der Waals surface area contributed by atoms with Crippen LogP contribution in [0.1, 0.15) is 25.7 Å². The van der Waals surface area contributed by atoms with Crippen molar-refractivity contribution in [3.8, 4) is 6.01 Å². The Kier molecular flexibility index (Phi) is 2.79. The third-order valence-electron chi connectivity index (χ3n) is 4.14. The largest absolute Gasteiger partial charge is 0.460 e. The standard InChI is InChI=1S/C14H16N4O2/c1-4-15-13(16-5-1)20-12-8-10-2-3-11(9-12)18(10)14-17-6-7-19-14/h1,4-7,10-12H,2-3,8-9H2/t10-,11+,12?. The Morgan fingerprint density at radius 2 is 1.80 bits per heavy atom. The molecule has 2 aliphatic rings. The Hall–Kier alpha value is -2.11. The molecule has 2 bridgehead atoms. The predicted molar refractivity (Wildman–Crippen MR) is 71.5 cm³/mol. The molecule has 4 rings (SSSR count). The minimum atomic E-state index is 0.182. The topological polar surface area (TPSA) is 64.3 Å². The maximum atomic E-state index is 5.90. The molecule has 2 saturated heterocycles. The molecule has 2 aromatic heterocycles. The second-order valence-electron chi connectivity index (χ2n) is 5.35. The van der Waals surface area contributed by atoms with Gasteiger partial charge in [0.2, 0.25) is 0 Å². The second-order valence-corrected chi connectivity index (χ2v) is 5.35. The third-order valence-corrected chi connectivity index (χ3v) is 4.14. The lowest BCUT2D eigenvalue weighted by atomic mass is 10.0. The molecule has 104 valence electrons. The summed E-state index contributed by atoms with van der Waals surface area (Å²) < 4.78 is 11.4. The number of hydrogen-bond acceptors (Lipinski definition) is 6. The van der Waals surface area contributed by atoms with E-state index in [0.717, 1.165) is 18.9 Å². The van der Waals surface area contributed by atoms with E-state index >= 15 is 0 Å². The first-order chi connectivity index (χ1) is 9.90. The van der Waals surface area contributed by atoms with Gasteiger partial charge in [0, 0.05) is 37.3 Å². The molecule has 0 radical (unpaired) electrons. The van der Waals surface area contributed by atoms with Crippen molar-refractivity contribution in [1.29, 1.82) is 0 Å². The van der Waals surface area contributed by atoms with E-state index in [-0.39, 0.29) is 6.10 Å². The molecule has 2 aromatic rings. The molecule has 0 spiro atoms. The van der Waals surface area contributed by atoms with E-state index < -0.39 is 0 Å². The Bertz CT molecular complexity index is 546. The molecule has 0 saturated carbocycles. The van der Waals surface area contributed by atoms with Gasteiger partial charge in [0.25, 0.3) is 6.01 Å². The molecule has 4 heterocycles. The lowest BCUT2D eigenvalue weighted by Crippen LogP contribution is -2.46. The summed E-state index contributed by atoms with van der Waals surface area (Å²) in [5, 5.41) is 0. The number of anilines is 1. The molecular weight excluding hydrogens is 256 g/mol.